The number of nitrogens with one attached hydrogen (secondary N) is 1. The Morgan fingerprint density at radius 2 is 1.95 bits per heavy atom. The van der Waals surface area contributed by atoms with E-state index in [-0.39, 0.29) is 0 Å². The molecule has 20 heavy (non-hydrogen) atoms. The predicted molar refractivity (Wildman–Crippen MR) is 87.4 cm³/mol. The summed E-state index contributed by atoms with van der Waals surface area (Å²) in [7, 11) is 4.24. The van der Waals surface area contributed by atoms with Crippen LogP contribution in [-0.2, 0) is 6.54 Å². The van der Waals surface area contributed by atoms with E-state index in [0.29, 0.717) is 0 Å². The molecule has 1 rings (SSSR count). The minimum absolute atomic E-state index is 0.900. The van der Waals surface area contributed by atoms with Gasteiger partial charge in [-0.05, 0) is 64.6 Å². The number of rotatable bonds is 9. The molecule has 0 fully saturated rings. The van der Waals surface area contributed by atoms with Crippen molar-refractivity contribution in [3.8, 4) is 0 Å². The number of aryl methyl sites for hydroxylation is 1. The lowest BCUT2D eigenvalue weighted by Gasteiger charge is -2.24. The van der Waals surface area contributed by atoms with Crippen molar-refractivity contribution >= 4 is 5.82 Å². The van der Waals surface area contributed by atoms with Crippen molar-refractivity contribution in [2.45, 2.75) is 33.7 Å². The van der Waals surface area contributed by atoms with E-state index < -0.39 is 0 Å². The van der Waals surface area contributed by atoms with Gasteiger partial charge in [0.15, 0.2) is 0 Å². The molecule has 1 heterocycles. The van der Waals surface area contributed by atoms with E-state index in [0.717, 1.165) is 38.5 Å². The lowest BCUT2D eigenvalue weighted by Crippen LogP contribution is -2.28. The largest absolute Gasteiger partial charge is 0.357 e. The normalized spacial score (nSPS) is 11.1. The van der Waals surface area contributed by atoms with Crippen LogP contribution >= 0.6 is 0 Å². The van der Waals surface area contributed by atoms with Gasteiger partial charge in [-0.3, -0.25) is 0 Å². The molecule has 0 aliphatic carbocycles. The van der Waals surface area contributed by atoms with Gasteiger partial charge in [-0.25, -0.2) is 4.98 Å². The Bertz CT molecular complexity index is 390. The highest BCUT2D eigenvalue weighted by atomic mass is 15.2. The molecule has 4 heteroatoms. The summed E-state index contributed by atoms with van der Waals surface area (Å²) in [5.74, 6) is 1.13. The molecule has 0 aliphatic rings. The Kier molecular flexibility index (Phi) is 7.55. The highest BCUT2D eigenvalue weighted by Gasteiger charge is 2.09. The maximum Gasteiger partial charge on any atom is 0.131 e. The van der Waals surface area contributed by atoms with Gasteiger partial charge in [0.1, 0.15) is 5.82 Å². The Morgan fingerprint density at radius 3 is 2.50 bits per heavy atom. The summed E-state index contributed by atoms with van der Waals surface area (Å²) >= 11 is 0. The third-order valence-electron chi connectivity index (χ3n) is 3.40. The van der Waals surface area contributed by atoms with Crippen molar-refractivity contribution in [2.24, 2.45) is 0 Å². The average Bonchev–Trinajstić information content (AvgIpc) is 2.42. The van der Waals surface area contributed by atoms with E-state index in [2.05, 4.69) is 61.0 Å². The van der Waals surface area contributed by atoms with Gasteiger partial charge in [-0.1, -0.05) is 6.92 Å². The first-order valence-corrected chi connectivity index (χ1v) is 7.64. The highest BCUT2D eigenvalue weighted by molar-refractivity contribution is 5.47. The van der Waals surface area contributed by atoms with E-state index >= 15 is 0 Å². The van der Waals surface area contributed by atoms with Crippen LogP contribution in [0.5, 0.6) is 0 Å². The number of pyridine rings is 1. The van der Waals surface area contributed by atoms with Gasteiger partial charge in [0.2, 0.25) is 0 Å². The van der Waals surface area contributed by atoms with E-state index in [4.69, 9.17) is 0 Å². The molecule has 0 aromatic carbocycles. The predicted octanol–water partition coefficient (Wildman–Crippen LogP) is 2.28. The quantitative estimate of drug-likeness (QED) is 0.751. The molecule has 0 saturated heterocycles. The number of hydrogen-bond acceptors (Lipinski definition) is 4. The van der Waals surface area contributed by atoms with Crippen molar-refractivity contribution in [1.82, 2.24) is 15.2 Å². The van der Waals surface area contributed by atoms with Crippen LogP contribution in [-0.4, -0.2) is 50.2 Å². The van der Waals surface area contributed by atoms with Gasteiger partial charge in [-0.2, -0.15) is 0 Å². The molecule has 0 aliphatic heterocycles. The van der Waals surface area contributed by atoms with E-state index in [9.17, 15) is 0 Å². The molecule has 4 nitrogen and oxygen atoms in total. The second kappa shape index (κ2) is 8.93. The van der Waals surface area contributed by atoms with Gasteiger partial charge >= 0.3 is 0 Å². The van der Waals surface area contributed by atoms with Gasteiger partial charge in [0.25, 0.3) is 0 Å². The van der Waals surface area contributed by atoms with Crippen LogP contribution in [0.2, 0.25) is 0 Å². The first-order valence-electron chi connectivity index (χ1n) is 7.64. The van der Waals surface area contributed by atoms with Crippen molar-refractivity contribution in [3.05, 3.63) is 23.4 Å². The van der Waals surface area contributed by atoms with Crippen LogP contribution in [0, 0.1) is 6.92 Å². The van der Waals surface area contributed by atoms with Crippen LogP contribution < -0.4 is 10.2 Å². The highest BCUT2D eigenvalue weighted by Crippen LogP contribution is 2.18. The fraction of sp³-hybridized carbons (Fsp3) is 0.688. The van der Waals surface area contributed by atoms with Crippen LogP contribution in [0.25, 0.3) is 0 Å². The Balaban J connectivity index is 2.67. The number of aromatic nitrogens is 1. The molecule has 114 valence electrons. The molecule has 1 aromatic heterocycles. The molecule has 0 spiro atoms. The summed E-state index contributed by atoms with van der Waals surface area (Å²) in [6, 6.07) is 2.25. The molecule has 0 amide bonds. The number of nitrogens with zero attached hydrogens (tertiary/aromatic N) is 3. The van der Waals surface area contributed by atoms with Crippen molar-refractivity contribution in [2.75, 3.05) is 45.2 Å². The van der Waals surface area contributed by atoms with Crippen LogP contribution in [0.4, 0.5) is 5.82 Å². The number of hydrogen-bond donors (Lipinski definition) is 1. The van der Waals surface area contributed by atoms with E-state index in [1.165, 1.54) is 17.5 Å². The molecule has 0 bridgehead atoms. The average molecular weight is 278 g/mol. The summed E-state index contributed by atoms with van der Waals surface area (Å²) in [6.07, 6.45) is 3.17. The molecule has 0 atom stereocenters. The molecule has 1 N–H and O–H groups in total. The van der Waals surface area contributed by atoms with Crippen molar-refractivity contribution < 1.29 is 0 Å². The van der Waals surface area contributed by atoms with Crippen LogP contribution in [0.1, 0.15) is 31.4 Å². The summed E-state index contributed by atoms with van der Waals surface area (Å²) in [5.41, 5.74) is 2.53. The summed E-state index contributed by atoms with van der Waals surface area (Å²) in [4.78, 5) is 9.27. The van der Waals surface area contributed by atoms with E-state index in [1.54, 1.807) is 0 Å². The maximum atomic E-state index is 4.67. The fourth-order valence-electron chi connectivity index (χ4n) is 2.31. The molecular weight excluding hydrogens is 248 g/mol. The standard InChI is InChI=1S/C16H30N4/c1-6-17-12-15-11-14(3)16(18-13-15)20(7-2)10-8-9-19(4)5/h11,13,17H,6-10,12H2,1-5H3. The fourth-order valence-corrected chi connectivity index (χ4v) is 2.31. The third kappa shape index (κ3) is 5.47. The lowest BCUT2D eigenvalue weighted by atomic mass is 10.2. The van der Waals surface area contributed by atoms with E-state index in [1.807, 2.05) is 6.20 Å². The first-order chi connectivity index (χ1) is 9.58. The minimum Gasteiger partial charge on any atom is -0.357 e. The molecule has 0 saturated carbocycles. The second-order valence-corrected chi connectivity index (χ2v) is 5.50. The lowest BCUT2D eigenvalue weighted by molar-refractivity contribution is 0.400. The number of anilines is 1. The monoisotopic (exact) mass is 278 g/mol. The maximum absolute atomic E-state index is 4.67. The zero-order valence-corrected chi connectivity index (χ0v) is 13.7. The molecule has 0 unspecified atom stereocenters. The topological polar surface area (TPSA) is 31.4 Å². The summed E-state index contributed by atoms with van der Waals surface area (Å²) < 4.78 is 0. The molecule has 1 aromatic rings. The smallest absolute Gasteiger partial charge is 0.131 e. The Labute approximate surface area is 124 Å². The Morgan fingerprint density at radius 1 is 1.20 bits per heavy atom. The molecular formula is C16H30N4. The Hall–Kier alpha value is -1.13. The van der Waals surface area contributed by atoms with Crippen molar-refractivity contribution in [1.29, 1.82) is 0 Å². The van der Waals surface area contributed by atoms with Gasteiger partial charge in [-0.15, -0.1) is 0 Å². The molecule has 0 radical (unpaired) electrons. The summed E-state index contributed by atoms with van der Waals surface area (Å²) in [6.45, 7) is 11.6. The van der Waals surface area contributed by atoms with Crippen LogP contribution in [0.15, 0.2) is 12.3 Å². The van der Waals surface area contributed by atoms with Gasteiger partial charge in [0, 0.05) is 25.8 Å². The second-order valence-electron chi connectivity index (χ2n) is 5.50. The minimum atomic E-state index is 0.900. The third-order valence-corrected chi connectivity index (χ3v) is 3.40. The van der Waals surface area contributed by atoms with Gasteiger partial charge in [0.05, 0.1) is 0 Å². The first kappa shape index (κ1) is 16.9. The van der Waals surface area contributed by atoms with Gasteiger partial charge < -0.3 is 15.1 Å². The zero-order valence-electron chi connectivity index (χ0n) is 13.7. The summed E-state index contributed by atoms with van der Waals surface area (Å²) in [5, 5.41) is 3.34. The van der Waals surface area contributed by atoms with Crippen molar-refractivity contribution in [3.63, 3.8) is 0 Å². The van der Waals surface area contributed by atoms with Crippen LogP contribution in [0.3, 0.4) is 0 Å². The zero-order chi connectivity index (χ0) is 15.0. The SMILES string of the molecule is CCNCc1cnc(N(CC)CCCN(C)C)c(C)c1.